The van der Waals surface area contributed by atoms with Crippen molar-refractivity contribution in [2.45, 2.75) is 53.0 Å². The fourth-order valence-corrected chi connectivity index (χ4v) is 2.64. The van der Waals surface area contributed by atoms with Crippen molar-refractivity contribution in [2.75, 3.05) is 6.61 Å². The van der Waals surface area contributed by atoms with Crippen molar-refractivity contribution in [1.29, 1.82) is 0 Å². The van der Waals surface area contributed by atoms with Gasteiger partial charge in [0.05, 0.1) is 11.7 Å². The number of ether oxygens (including phenoxy) is 1. The quantitative estimate of drug-likeness (QED) is 0.763. The van der Waals surface area contributed by atoms with E-state index in [0.717, 1.165) is 12.0 Å². The molecule has 1 N–H and O–H groups in total. The van der Waals surface area contributed by atoms with E-state index in [0.29, 0.717) is 17.0 Å². The smallest absolute Gasteiger partial charge is 0.344 e. The molecule has 1 heterocycles. The summed E-state index contributed by atoms with van der Waals surface area (Å²) in [5.41, 5.74) is 3.00. The first-order chi connectivity index (χ1) is 12.3. The predicted molar refractivity (Wildman–Crippen MR) is 98.0 cm³/mol. The summed E-state index contributed by atoms with van der Waals surface area (Å²) in [6, 6.07) is 7.90. The van der Waals surface area contributed by atoms with Crippen LogP contribution in [0.2, 0.25) is 0 Å². The molecule has 0 aliphatic carbocycles. The molecule has 1 unspecified atom stereocenters. The number of carbonyl (C=O) groups is 2. The van der Waals surface area contributed by atoms with Gasteiger partial charge >= 0.3 is 5.97 Å². The molecule has 0 spiro atoms. The van der Waals surface area contributed by atoms with E-state index in [9.17, 15) is 9.59 Å². The molecule has 0 radical (unpaired) electrons. The molecule has 140 valence electrons. The Morgan fingerprint density at radius 1 is 1.19 bits per heavy atom. The average Bonchev–Trinajstić information content (AvgIpc) is 3.01. The second-order valence-corrected chi connectivity index (χ2v) is 6.62. The number of benzene rings is 1. The van der Waals surface area contributed by atoms with E-state index in [-0.39, 0.29) is 24.5 Å². The Balaban J connectivity index is 1.92. The number of hydrogen-bond acceptors (Lipinski definition) is 5. The number of nitrogens with zero attached hydrogens (tertiary/aromatic N) is 1. The van der Waals surface area contributed by atoms with E-state index in [1.165, 1.54) is 5.56 Å². The zero-order chi connectivity index (χ0) is 19.3. The highest BCUT2D eigenvalue weighted by atomic mass is 16.5. The van der Waals surface area contributed by atoms with Gasteiger partial charge in [0, 0.05) is 5.92 Å². The second kappa shape index (κ2) is 8.65. The van der Waals surface area contributed by atoms with Crippen LogP contribution in [0.1, 0.15) is 72.6 Å². The molecule has 6 heteroatoms. The Morgan fingerprint density at radius 2 is 1.85 bits per heavy atom. The summed E-state index contributed by atoms with van der Waals surface area (Å²) in [6.07, 6.45) is 0.970. The number of hydrogen-bond donors (Lipinski definition) is 1. The van der Waals surface area contributed by atoms with Crippen LogP contribution in [0.5, 0.6) is 0 Å². The summed E-state index contributed by atoms with van der Waals surface area (Å²) in [7, 11) is 0. The Bertz CT molecular complexity index is 763. The molecule has 6 nitrogen and oxygen atoms in total. The van der Waals surface area contributed by atoms with Crippen LogP contribution in [-0.2, 0) is 16.0 Å². The molecule has 1 atom stereocenters. The minimum Gasteiger partial charge on any atom is -0.452 e. The van der Waals surface area contributed by atoms with Crippen LogP contribution in [0.4, 0.5) is 0 Å². The molecule has 0 aliphatic heterocycles. The van der Waals surface area contributed by atoms with Gasteiger partial charge in [-0.1, -0.05) is 50.2 Å². The molecular formula is C20H26N2O4. The maximum atomic E-state index is 12.3. The SMILES string of the molecule is CCc1ccc(C(C)NC(=O)COC(=O)c2c(C)noc2C(C)C)cc1. The van der Waals surface area contributed by atoms with Crippen molar-refractivity contribution in [2.24, 2.45) is 0 Å². The Kier molecular flexibility index (Phi) is 6.55. The van der Waals surface area contributed by atoms with E-state index < -0.39 is 5.97 Å². The summed E-state index contributed by atoms with van der Waals surface area (Å²) in [5.74, 6) is -0.482. The zero-order valence-electron chi connectivity index (χ0n) is 16.0. The molecule has 26 heavy (non-hydrogen) atoms. The van der Waals surface area contributed by atoms with E-state index in [1.807, 2.05) is 45.0 Å². The van der Waals surface area contributed by atoms with E-state index in [2.05, 4.69) is 17.4 Å². The monoisotopic (exact) mass is 358 g/mol. The van der Waals surface area contributed by atoms with Gasteiger partial charge < -0.3 is 14.6 Å². The summed E-state index contributed by atoms with van der Waals surface area (Å²) >= 11 is 0. The van der Waals surface area contributed by atoms with Gasteiger partial charge in [0.25, 0.3) is 5.91 Å². The maximum Gasteiger partial charge on any atom is 0.344 e. The number of esters is 1. The first-order valence-corrected chi connectivity index (χ1v) is 8.85. The third-order valence-electron chi connectivity index (χ3n) is 4.22. The van der Waals surface area contributed by atoms with Gasteiger partial charge in [0.15, 0.2) is 12.4 Å². The highest BCUT2D eigenvalue weighted by Gasteiger charge is 2.24. The van der Waals surface area contributed by atoms with E-state index in [4.69, 9.17) is 9.26 Å². The molecule has 1 aromatic heterocycles. The largest absolute Gasteiger partial charge is 0.452 e. The second-order valence-electron chi connectivity index (χ2n) is 6.62. The minimum absolute atomic E-state index is 0.00121. The molecule has 2 aromatic rings. The zero-order valence-corrected chi connectivity index (χ0v) is 16.0. The lowest BCUT2D eigenvalue weighted by Crippen LogP contribution is -2.31. The highest BCUT2D eigenvalue weighted by molar-refractivity contribution is 5.93. The van der Waals surface area contributed by atoms with Crippen LogP contribution < -0.4 is 5.32 Å². The lowest BCUT2D eigenvalue weighted by atomic mass is 10.1. The van der Waals surface area contributed by atoms with Gasteiger partial charge in [-0.25, -0.2) is 4.79 Å². The van der Waals surface area contributed by atoms with Crippen LogP contribution in [0.3, 0.4) is 0 Å². The third kappa shape index (κ3) is 4.71. The Hall–Kier alpha value is -2.63. The van der Waals surface area contributed by atoms with Crippen LogP contribution in [0, 0.1) is 6.92 Å². The van der Waals surface area contributed by atoms with Gasteiger partial charge in [0.2, 0.25) is 0 Å². The van der Waals surface area contributed by atoms with Crippen molar-refractivity contribution in [3.63, 3.8) is 0 Å². The first kappa shape index (κ1) is 19.7. The Labute approximate surface area is 153 Å². The number of aromatic nitrogens is 1. The van der Waals surface area contributed by atoms with Crippen molar-refractivity contribution >= 4 is 11.9 Å². The fourth-order valence-electron chi connectivity index (χ4n) is 2.64. The van der Waals surface area contributed by atoms with Crippen LogP contribution >= 0.6 is 0 Å². The topological polar surface area (TPSA) is 81.4 Å². The standard InChI is InChI=1S/C20H26N2O4/c1-6-15-7-9-16(10-8-15)13(4)21-17(23)11-25-20(24)18-14(5)22-26-19(18)12(2)3/h7-10,12-13H,6,11H2,1-5H3,(H,21,23). The average molecular weight is 358 g/mol. The molecule has 1 amide bonds. The lowest BCUT2D eigenvalue weighted by molar-refractivity contribution is -0.124. The molecular weight excluding hydrogens is 332 g/mol. The van der Waals surface area contributed by atoms with E-state index in [1.54, 1.807) is 6.92 Å². The van der Waals surface area contributed by atoms with Crippen LogP contribution in [0.25, 0.3) is 0 Å². The number of rotatable bonds is 7. The van der Waals surface area contributed by atoms with Gasteiger partial charge in [-0.2, -0.15) is 0 Å². The fraction of sp³-hybridized carbons (Fsp3) is 0.450. The first-order valence-electron chi connectivity index (χ1n) is 8.85. The normalized spacial score (nSPS) is 12.1. The van der Waals surface area contributed by atoms with Crippen molar-refractivity contribution in [1.82, 2.24) is 10.5 Å². The molecule has 0 saturated carbocycles. The van der Waals surface area contributed by atoms with Crippen molar-refractivity contribution in [3.8, 4) is 0 Å². The Morgan fingerprint density at radius 3 is 2.42 bits per heavy atom. The van der Waals surface area contributed by atoms with Gasteiger partial charge in [-0.15, -0.1) is 0 Å². The lowest BCUT2D eigenvalue weighted by Gasteiger charge is -2.15. The predicted octanol–water partition coefficient (Wildman–Crippen LogP) is 3.70. The number of nitrogens with one attached hydrogen (secondary N) is 1. The summed E-state index contributed by atoms with van der Waals surface area (Å²) in [6.45, 7) is 9.11. The van der Waals surface area contributed by atoms with Gasteiger partial charge in [-0.05, 0) is 31.4 Å². The molecule has 0 bridgehead atoms. The van der Waals surface area contributed by atoms with Crippen LogP contribution in [-0.4, -0.2) is 23.6 Å². The number of amides is 1. The molecule has 0 aliphatic rings. The van der Waals surface area contributed by atoms with E-state index >= 15 is 0 Å². The number of carbonyl (C=O) groups excluding carboxylic acids is 2. The van der Waals surface area contributed by atoms with Gasteiger partial charge in [-0.3, -0.25) is 4.79 Å². The van der Waals surface area contributed by atoms with Crippen molar-refractivity contribution in [3.05, 3.63) is 52.4 Å². The molecule has 2 rings (SSSR count). The summed E-state index contributed by atoms with van der Waals surface area (Å²) in [4.78, 5) is 24.4. The molecule has 0 saturated heterocycles. The van der Waals surface area contributed by atoms with Crippen LogP contribution in [0.15, 0.2) is 28.8 Å². The summed E-state index contributed by atoms with van der Waals surface area (Å²) in [5, 5.41) is 6.64. The minimum atomic E-state index is -0.595. The molecule has 1 aromatic carbocycles. The third-order valence-corrected chi connectivity index (χ3v) is 4.22. The maximum absolute atomic E-state index is 12.3. The van der Waals surface area contributed by atoms with Crippen molar-refractivity contribution < 1.29 is 18.8 Å². The highest BCUT2D eigenvalue weighted by Crippen LogP contribution is 2.23. The number of aryl methyl sites for hydroxylation is 2. The summed E-state index contributed by atoms with van der Waals surface area (Å²) < 4.78 is 10.3. The van der Waals surface area contributed by atoms with Gasteiger partial charge in [0.1, 0.15) is 5.56 Å². The molecule has 0 fully saturated rings.